The Balaban J connectivity index is 0.000000968. The van der Waals surface area contributed by atoms with Crippen molar-refractivity contribution in [1.29, 1.82) is 0 Å². The fourth-order valence-electron chi connectivity index (χ4n) is 5.77. The summed E-state index contributed by atoms with van der Waals surface area (Å²) in [6.07, 6.45) is 10.6. The normalized spacial score (nSPS) is 26.6. The van der Waals surface area contributed by atoms with Crippen molar-refractivity contribution in [1.82, 2.24) is 4.90 Å². The lowest BCUT2D eigenvalue weighted by molar-refractivity contribution is -0.122. The number of nitrogens with zero attached hydrogens (tertiary/aromatic N) is 1. The molecular weight excluding hydrogens is 421 g/mol. The van der Waals surface area contributed by atoms with Crippen LogP contribution in [-0.4, -0.2) is 41.6 Å². The van der Waals surface area contributed by atoms with E-state index in [4.69, 9.17) is 14.6 Å². The Morgan fingerprint density at radius 1 is 1.18 bits per heavy atom. The fraction of sp³-hybridized carbons (Fsp3) is 0.704. The minimum Gasteiger partial charge on any atom is -0.493 e. The number of benzene rings is 1. The Bertz CT molecular complexity index is 810. The van der Waals surface area contributed by atoms with Crippen LogP contribution in [0.3, 0.4) is 0 Å². The molecule has 3 unspecified atom stereocenters. The third-order valence-electron chi connectivity index (χ3n) is 7.87. The zero-order chi connectivity index (χ0) is 24.0. The number of rotatable bonds is 8. The minimum absolute atomic E-state index is 0.150. The summed E-state index contributed by atoms with van der Waals surface area (Å²) in [5, 5.41) is 6.89. The molecule has 1 amide bonds. The van der Waals surface area contributed by atoms with E-state index in [1.165, 1.54) is 38.2 Å². The summed E-state index contributed by atoms with van der Waals surface area (Å²) >= 11 is 0. The third kappa shape index (κ3) is 6.27. The lowest BCUT2D eigenvalue weighted by atomic mass is 9.98. The molecule has 2 saturated carbocycles. The van der Waals surface area contributed by atoms with Gasteiger partial charge in [0.1, 0.15) is 11.6 Å². The summed E-state index contributed by atoms with van der Waals surface area (Å²) < 4.78 is 21.2. The number of ether oxygens (including phenoxy) is 1. The molecule has 0 aromatic heterocycles. The predicted molar refractivity (Wildman–Crippen MR) is 127 cm³/mol. The van der Waals surface area contributed by atoms with Gasteiger partial charge in [0, 0.05) is 18.7 Å². The van der Waals surface area contributed by atoms with E-state index in [1.54, 1.807) is 0 Å². The van der Waals surface area contributed by atoms with Crippen molar-refractivity contribution in [2.75, 3.05) is 13.2 Å². The standard InChI is InChI=1S/C26H38FNO2.CH2O2/c1-4-6-18-7-8-19(13-18)16-30-25-15-24(27)23(14-22(25)21-9-10-21)26(29)28-12-11-20(5-2)17(28)3;2-1-3/h14-15,17-21H,4-13,16H2,1-3H3;1H,(H,2,3)/t17-,18?,19?,20?;/m0./s1. The molecule has 1 saturated heterocycles. The lowest BCUT2D eigenvalue weighted by Crippen LogP contribution is -2.36. The summed E-state index contributed by atoms with van der Waals surface area (Å²) in [6.45, 7) is 7.68. The van der Waals surface area contributed by atoms with Gasteiger partial charge < -0.3 is 14.7 Å². The predicted octanol–water partition coefficient (Wildman–Crippen LogP) is 6.26. The molecule has 184 valence electrons. The molecule has 6 heteroatoms. The number of carbonyl (C=O) groups is 2. The maximum absolute atomic E-state index is 15.1. The van der Waals surface area contributed by atoms with E-state index >= 15 is 4.39 Å². The second kappa shape index (κ2) is 11.8. The smallest absolute Gasteiger partial charge is 0.290 e. The van der Waals surface area contributed by atoms with Crippen LogP contribution in [0, 0.1) is 23.6 Å². The van der Waals surface area contributed by atoms with Crippen LogP contribution >= 0.6 is 0 Å². The first-order chi connectivity index (χ1) is 15.9. The van der Waals surface area contributed by atoms with Crippen LogP contribution in [0.25, 0.3) is 0 Å². The highest BCUT2D eigenvalue weighted by Crippen LogP contribution is 2.46. The van der Waals surface area contributed by atoms with Crippen LogP contribution < -0.4 is 4.74 Å². The van der Waals surface area contributed by atoms with Crippen molar-refractivity contribution in [3.05, 3.63) is 29.1 Å². The Hall–Kier alpha value is -2.11. The molecular formula is C27H40FNO4. The topological polar surface area (TPSA) is 66.8 Å². The molecule has 0 spiro atoms. The quantitative estimate of drug-likeness (QED) is 0.464. The average Bonchev–Trinajstić information content (AvgIpc) is 3.43. The highest BCUT2D eigenvalue weighted by Gasteiger charge is 2.36. The maximum atomic E-state index is 15.1. The van der Waals surface area contributed by atoms with Crippen molar-refractivity contribution >= 4 is 12.4 Å². The van der Waals surface area contributed by atoms with Gasteiger partial charge in [-0.15, -0.1) is 0 Å². The van der Waals surface area contributed by atoms with Gasteiger partial charge in [0.05, 0.1) is 12.2 Å². The molecule has 1 aromatic rings. The molecule has 2 aliphatic carbocycles. The summed E-state index contributed by atoms with van der Waals surface area (Å²) in [5.74, 6) is 2.44. The summed E-state index contributed by atoms with van der Waals surface area (Å²) in [6, 6.07) is 3.49. The van der Waals surface area contributed by atoms with Crippen LogP contribution in [0.5, 0.6) is 5.75 Å². The first kappa shape index (κ1) is 25.5. The fourth-order valence-corrected chi connectivity index (χ4v) is 5.77. The van der Waals surface area contributed by atoms with Crippen LogP contribution in [-0.2, 0) is 4.79 Å². The van der Waals surface area contributed by atoms with Crippen molar-refractivity contribution in [2.45, 2.75) is 90.5 Å². The molecule has 1 heterocycles. The Morgan fingerprint density at radius 2 is 1.88 bits per heavy atom. The van der Waals surface area contributed by atoms with Gasteiger partial charge in [0.15, 0.2) is 0 Å². The largest absolute Gasteiger partial charge is 0.493 e. The number of carbonyl (C=O) groups excluding carboxylic acids is 1. The number of halogens is 1. The van der Waals surface area contributed by atoms with Gasteiger partial charge in [0.2, 0.25) is 0 Å². The molecule has 1 N–H and O–H groups in total. The van der Waals surface area contributed by atoms with Gasteiger partial charge in [-0.3, -0.25) is 9.59 Å². The maximum Gasteiger partial charge on any atom is 0.290 e. The number of hydrogen-bond acceptors (Lipinski definition) is 3. The zero-order valence-corrected chi connectivity index (χ0v) is 20.4. The van der Waals surface area contributed by atoms with Crippen molar-refractivity contribution in [3.63, 3.8) is 0 Å². The summed E-state index contributed by atoms with van der Waals surface area (Å²) in [4.78, 5) is 23.4. The second-order valence-corrected chi connectivity index (χ2v) is 10.1. The van der Waals surface area contributed by atoms with Crippen molar-refractivity contribution < 1.29 is 23.8 Å². The lowest BCUT2D eigenvalue weighted by Gasteiger charge is -2.25. The van der Waals surface area contributed by atoms with Crippen molar-refractivity contribution in [3.8, 4) is 5.75 Å². The monoisotopic (exact) mass is 461 g/mol. The van der Waals surface area contributed by atoms with E-state index in [0.717, 1.165) is 43.7 Å². The van der Waals surface area contributed by atoms with E-state index < -0.39 is 5.82 Å². The van der Waals surface area contributed by atoms with E-state index in [1.807, 2.05) is 11.0 Å². The summed E-state index contributed by atoms with van der Waals surface area (Å²) in [5.41, 5.74) is 1.28. The first-order valence-corrected chi connectivity index (χ1v) is 12.8. The Kier molecular flexibility index (Phi) is 9.16. The summed E-state index contributed by atoms with van der Waals surface area (Å²) in [7, 11) is 0. The second-order valence-electron chi connectivity index (χ2n) is 10.1. The molecule has 3 aliphatic rings. The molecule has 0 radical (unpaired) electrons. The van der Waals surface area contributed by atoms with Gasteiger partial charge >= 0.3 is 0 Å². The average molecular weight is 462 g/mol. The van der Waals surface area contributed by atoms with E-state index in [9.17, 15) is 4.79 Å². The molecule has 4 rings (SSSR count). The Morgan fingerprint density at radius 3 is 2.48 bits per heavy atom. The number of carboxylic acid groups (broad SMARTS) is 1. The van der Waals surface area contributed by atoms with Crippen LogP contribution in [0.2, 0.25) is 0 Å². The van der Waals surface area contributed by atoms with Crippen LogP contribution in [0.15, 0.2) is 12.1 Å². The highest BCUT2D eigenvalue weighted by molar-refractivity contribution is 5.95. The minimum atomic E-state index is -0.429. The van der Waals surface area contributed by atoms with Crippen LogP contribution in [0.4, 0.5) is 4.39 Å². The first-order valence-electron chi connectivity index (χ1n) is 12.8. The number of hydrogen-bond donors (Lipinski definition) is 1. The SMILES string of the molecule is CCCC1CCC(COc2cc(F)c(C(=O)N3CCC(CC)[C@@H]3C)cc2C2CC2)C1.O=CO. The molecule has 5 nitrogen and oxygen atoms in total. The van der Waals surface area contributed by atoms with Crippen molar-refractivity contribution in [2.24, 2.45) is 17.8 Å². The Labute approximate surface area is 197 Å². The van der Waals surface area contributed by atoms with E-state index in [0.29, 0.717) is 30.1 Å². The molecule has 3 fully saturated rings. The highest BCUT2D eigenvalue weighted by atomic mass is 19.1. The van der Waals surface area contributed by atoms with E-state index in [2.05, 4.69) is 20.8 Å². The molecule has 33 heavy (non-hydrogen) atoms. The van der Waals surface area contributed by atoms with Gasteiger partial charge in [0.25, 0.3) is 12.4 Å². The van der Waals surface area contributed by atoms with Gasteiger partial charge in [-0.2, -0.15) is 0 Å². The van der Waals surface area contributed by atoms with Gasteiger partial charge in [-0.25, -0.2) is 4.39 Å². The zero-order valence-electron chi connectivity index (χ0n) is 20.4. The van der Waals surface area contributed by atoms with Crippen LogP contribution in [0.1, 0.15) is 100 Å². The molecule has 1 aliphatic heterocycles. The third-order valence-corrected chi connectivity index (χ3v) is 7.87. The van der Waals surface area contributed by atoms with E-state index in [-0.39, 0.29) is 24.0 Å². The van der Waals surface area contributed by atoms with Gasteiger partial charge in [-0.05, 0) is 74.3 Å². The molecule has 0 bridgehead atoms. The molecule has 4 atom stereocenters. The van der Waals surface area contributed by atoms with Gasteiger partial charge in [-0.1, -0.05) is 39.5 Å². The number of likely N-dealkylation sites (tertiary alicyclic amines) is 1. The molecule has 1 aromatic carbocycles. The number of amides is 1.